The molecule has 1 unspecified atom stereocenters. The summed E-state index contributed by atoms with van der Waals surface area (Å²) in [4.78, 5) is 9.25. The van der Waals surface area contributed by atoms with Crippen molar-refractivity contribution in [2.75, 3.05) is 30.3 Å². The van der Waals surface area contributed by atoms with Crippen molar-refractivity contribution in [1.29, 1.82) is 0 Å². The van der Waals surface area contributed by atoms with Crippen LogP contribution in [0.1, 0.15) is 44.5 Å². The summed E-state index contributed by atoms with van der Waals surface area (Å²) in [6.07, 6.45) is 4.59. The van der Waals surface area contributed by atoms with E-state index >= 15 is 0 Å². The maximum Gasteiger partial charge on any atom is 0.134 e. The molecule has 0 amide bonds. The highest BCUT2D eigenvalue weighted by Crippen LogP contribution is 2.21. The molecule has 5 nitrogen and oxygen atoms in total. The standard InChI is InChI=1S/C15H26N4O/c1-4-7-13-18-14(16-5-2)11(3)15(19-13)17-10-12-8-6-9-20-12/h12H,4-10H2,1-3H3,(H2,16,17,18,19). The average Bonchev–Trinajstić information content (AvgIpc) is 2.94. The van der Waals surface area contributed by atoms with Crippen molar-refractivity contribution in [2.24, 2.45) is 0 Å². The molecule has 2 heterocycles. The number of nitrogens with zero attached hydrogens (tertiary/aromatic N) is 2. The third-order valence-electron chi connectivity index (χ3n) is 3.53. The highest BCUT2D eigenvalue weighted by Gasteiger charge is 2.17. The molecule has 0 aromatic carbocycles. The Morgan fingerprint density at radius 1 is 1.20 bits per heavy atom. The van der Waals surface area contributed by atoms with Crippen molar-refractivity contribution >= 4 is 11.6 Å². The molecule has 1 fully saturated rings. The minimum Gasteiger partial charge on any atom is -0.376 e. The molecule has 1 atom stereocenters. The number of hydrogen-bond acceptors (Lipinski definition) is 5. The molecule has 5 heteroatoms. The van der Waals surface area contributed by atoms with Crippen molar-refractivity contribution in [2.45, 2.75) is 52.6 Å². The van der Waals surface area contributed by atoms with Gasteiger partial charge in [0.2, 0.25) is 0 Å². The Morgan fingerprint density at radius 3 is 2.55 bits per heavy atom. The Morgan fingerprint density at radius 2 is 1.95 bits per heavy atom. The van der Waals surface area contributed by atoms with E-state index in [0.717, 1.165) is 62.0 Å². The maximum absolute atomic E-state index is 5.65. The first-order valence-corrected chi connectivity index (χ1v) is 7.71. The van der Waals surface area contributed by atoms with Crippen LogP contribution in [0.3, 0.4) is 0 Å². The lowest BCUT2D eigenvalue weighted by Gasteiger charge is -2.16. The van der Waals surface area contributed by atoms with Crippen LogP contribution in [0.25, 0.3) is 0 Å². The second-order valence-corrected chi connectivity index (χ2v) is 5.26. The molecule has 20 heavy (non-hydrogen) atoms. The first-order chi connectivity index (χ1) is 9.74. The van der Waals surface area contributed by atoms with Crippen LogP contribution in [-0.4, -0.2) is 35.8 Å². The topological polar surface area (TPSA) is 59.1 Å². The average molecular weight is 278 g/mol. The first-order valence-electron chi connectivity index (χ1n) is 7.71. The second kappa shape index (κ2) is 7.43. The van der Waals surface area contributed by atoms with Crippen molar-refractivity contribution < 1.29 is 4.74 Å². The molecule has 1 aromatic rings. The van der Waals surface area contributed by atoms with E-state index in [9.17, 15) is 0 Å². The fourth-order valence-electron chi connectivity index (χ4n) is 2.43. The number of rotatable bonds is 7. The third-order valence-corrected chi connectivity index (χ3v) is 3.53. The quantitative estimate of drug-likeness (QED) is 0.803. The van der Waals surface area contributed by atoms with Crippen LogP contribution in [0.2, 0.25) is 0 Å². The lowest BCUT2D eigenvalue weighted by Crippen LogP contribution is -2.20. The van der Waals surface area contributed by atoms with Crippen molar-refractivity contribution in [3.63, 3.8) is 0 Å². The number of aromatic nitrogens is 2. The van der Waals surface area contributed by atoms with Crippen LogP contribution < -0.4 is 10.6 Å². The molecule has 0 spiro atoms. The molecule has 1 saturated heterocycles. The summed E-state index contributed by atoms with van der Waals surface area (Å²) in [6, 6.07) is 0. The van der Waals surface area contributed by atoms with Gasteiger partial charge in [-0.3, -0.25) is 0 Å². The highest BCUT2D eigenvalue weighted by atomic mass is 16.5. The van der Waals surface area contributed by atoms with E-state index in [2.05, 4.69) is 41.4 Å². The first kappa shape index (κ1) is 15.0. The van der Waals surface area contributed by atoms with Gasteiger partial charge in [-0.25, -0.2) is 9.97 Å². The van der Waals surface area contributed by atoms with Gasteiger partial charge in [-0.15, -0.1) is 0 Å². The largest absolute Gasteiger partial charge is 0.376 e. The fourth-order valence-corrected chi connectivity index (χ4v) is 2.43. The molecular weight excluding hydrogens is 252 g/mol. The zero-order valence-corrected chi connectivity index (χ0v) is 12.8. The monoisotopic (exact) mass is 278 g/mol. The predicted octanol–water partition coefficient (Wildman–Crippen LogP) is 2.76. The van der Waals surface area contributed by atoms with Gasteiger partial charge in [0, 0.05) is 31.7 Å². The Bertz CT molecular complexity index is 430. The second-order valence-electron chi connectivity index (χ2n) is 5.26. The van der Waals surface area contributed by atoms with Crippen molar-refractivity contribution in [3.05, 3.63) is 11.4 Å². The van der Waals surface area contributed by atoms with E-state index < -0.39 is 0 Å². The summed E-state index contributed by atoms with van der Waals surface area (Å²) in [7, 11) is 0. The summed E-state index contributed by atoms with van der Waals surface area (Å²) in [5, 5.41) is 6.76. The summed E-state index contributed by atoms with van der Waals surface area (Å²) in [5.74, 6) is 2.79. The van der Waals surface area contributed by atoms with Gasteiger partial charge in [0.25, 0.3) is 0 Å². The van der Waals surface area contributed by atoms with Crippen molar-refractivity contribution in [3.8, 4) is 0 Å². The van der Waals surface area contributed by atoms with Crippen LogP contribution in [0.4, 0.5) is 11.6 Å². The summed E-state index contributed by atoms with van der Waals surface area (Å²) < 4.78 is 5.65. The number of nitrogens with one attached hydrogen (secondary N) is 2. The van der Waals surface area contributed by atoms with E-state index in [-0.39, 0.29) is 0 Å². The van der Waals surface area contributed by atoms with Gasteiger partial charge in [0.15, 0.2) is 0 Å². The van der Waals surface area contributed by atoms with Gasteiger partial charge in [-0.2, -0.15) is 0 Å². The van der Waals surface area contributed by atoms with E-state index in [0.29, 0.717) is 6.10 Å². The fraction of sp³-hybridized carbons (Fsp3) is 0.733. The molecule has 0 aliphatic carbocycles. The molecule has 112 valence electrons. The van der Waals surface area contributed by atoms with Gasteiger partial charge < -0.3 is 15.4 Å². The van der Waals surface area contributed by atoms with E-state index in [4.69, 9.17) is 4.74 Å². The molecule has 0 bridgehead atoms. The van der Waals surface area contributed by atoms with Gasteiger partial charge in [-0.05, 0) is 33.1 Å². The number of ether oxygens (including phenoxy) is 1. The maximum atomic E-state index is 5.65. The van der Waals surface area contributed by atoms with Crippen LogP contribution in [0.15, 0.2) is 0 Å². The number of aryl methyl sites for hydroxylation is 1. The Kier molecular flexibility index (Phi) is 5.59. The SMILES string of the molecule is CCCc1nc(NCC)c(C)c(NCC2CCCO2)n1. The zero-order chi connectivity index (χ0) is 14.4. The third kappa shape index (κ3) is 3.82. The predicted molar refractivity (Wildman–Crippen MR) is 82.4 cm³/mol. The van der Waals surface area contributed by atoms with Crippen molar-refractivity contribution in [1.82, 2.24) is 9.97 Å². The Balaban J connectivity index is 2.11. The van der Waals surface area contributed by atoms with Crippen LogP contribution in [0.5, 0.6) is 0 Å². The Labute approximate surface area is 121 Å². The summed E-state index contributed by atoms with van der Waals surface area (Å²) >= 11 is 0. The molecule has 0 radical (unpaired) electrons. The van der Waals surface area contributed by atoms with Crippen LogP contribution >= 0.6 is 0 Å². The van der Waals surface area contributed by atoms with E-state index in [1.165, 1.54) is 6.42 Å². The smallest absolute Gasteiger partial charge is 0.134 e. The number of hydrogen-bond donors (Lipinski definition) is 2. The molecular formula is C15H26N4O. The number of anilines is 2. The molecule has 1 aliphatic heterocycles. The minimum atomic E-state index is 0.321. The molecule has 0 saturated carbocycles. The summed E-state index contributed by atoms with van der Waals surface area (Å²) in [5.41, 5.74) is 1.09. The lowest BCUT2D eigenvalue weighted by molar-refractivity contribution is 0.120. The van der Waals surface area contributed by atoms with Crippen LogP contribution in [0, 0.1) is 6.92 Å². The zero-order valence-electron chi connectivity index (χ0n) is 12.8. The van der Waals surface area contributed by atoms with Gasteiger partial charge in [-0.1, -0.05) is 6.92 Å². The van der Waals surface area contributed by atoms with Crippen LogP contribution in [-0.2, 0) is 11.2 Å². The summed E-state index contributed by atoms with van der Waals surface area (Å²) in [6.45, 7) is 8.88. The lowest BCUT2D eigenvalue weighted by atomic mass is 10.2. The normalized spacial score (nSPS) is 18.2. The molecule has 2 N–H and O–H groups in total. The molecule has 1 aliphatic rings. The molecule has 1 aromatic heterocycles. The van der Waals surface area contributed by atoms with E-state index in [1.807, 2.05) is 0 Å². The van der Waals surface area contributed by atoms with Gasteiger partial charge in [0.05, 0.1) is 6.10 Å². The minimum absolute atomic E-state index is 0.321. The van der Waals surface area contributed by atoms with Gasteiger partial charge in [0.1, 0.15) is 17.5 Å². The van der Waals surface area contributed by atoms with Gasteiger partial charge >= 0.3 is 0 Å². The molecule has 2 rings (SSSR count). The Hall–Kier alpha value is -1.36. The highest BCUT2D eigenvalue weighted by molar-refractivity contribution is 5.57. The van der Waals surface area contributed by atoms with E-state index in [1.54, 1.807) is 0 Å².